The molecule has 1 fully saturated rings. The molecule has 3 unspecified atom stereocenters. The Morgan fingerprint density at radius 3 is 2.12 bits per heavy atom. The normalized spacial score (nSPS) is 26.9. The van der Waals surface area contributed by atoms with Crippen LogP contribution < -0.4 is 5.73 Å². The highest BCUT2D eigenvalue weighted by atomic mass is 16.2. The Labute approximate surface area is 103 Å². The zero-order valence-electron chi connectivity index (χ0n) is 11.1. The first-order valence-electron chi connectivity index (χ1n) is 6.21. The largest absolute Gasteiger partial charge is 0.337 e. The Morgan fingerprint density at radius 2 is 1.76 bits per heavy atom. The molecule has 5 heteroatoms. The zero-order chi connectivity index (χ0) is 13.2. The first kappa shape index (κ1) is 14.0. The molecule has 0 aromatic heterocycles. The summed E-state index contributed by atoms with van der Waals surface area (Å²) in [6.45, 7) is 8.57. The van der Waals surface area contributed by atoms with Gasteiger partial charge in [-0.2, -0.15) is 0 Å². The molecular formula is C12H23N3O2. The third-order valence-corrected chi connectivity index (χ3v) is 3.35. The number of piperazine rings is 1. The van der Waals surface area contributed by atoms with Crippen molar-refractivity contribution < 1.29 is 9.59 Å². The van der Waals surface area contributed by atoms with Crippen molar-refractivity contribution in [3.63, 3.8) is 0 Å². The summed E-state index contributed by atoms with van der Waals surface area (Å²) in [6.07, 6.45) is 0.647. The summed E-state index contributed by atoms with van der Waals surface area (Å²) < 4.78 is 0. The lowest BCUT2D eigenvalue weighted by molar-refractivity contribution is -0.145. The number of amides is 2. The van der Waals surface area contributed by atoms with Gasteiger partial charge in [0.1, 0.15) is 0 Å². The number of carbonyl (C=O) groups excluding carboxylic acids is 2. The van der Waals surface area contributed by atoms with E-state index in [1.807, 2.05) is 25.7 Å². The first-order valence-corrected chi connectivity index (χ1v) is 6.21. The van der Waals surface area contributed by atoms with Gasteiger partial charge in [0.25, 0.3) is 0 Å². The summed E-state index contributed by atoms with van der Waals surface area (Å²) in [5.41, 5.74) is 5.76. The molecule has 2 N–H and O–H groups in total. The fourth-order valence-corrected chi connectivity index (χ4v) is 2.53. The minimum Gasteiger partial charge on any atom is -0.337 e. The van der Waals surface area contributed by atoms with Crippen LogP contribution in [-0.4, -0.2) is 52.8 Å². The summed E-state index contributed by atoms with van der Waals surface area (Å²) in [6, 6.07) is -0.299. The molecule has 0 aromatic carbocycles. The summed E-state index contributed by atoms with van der Waals surface area (Å²) in [4.78, 5) is 27.1. The molecule has 3 atom stereocenters. The van der Waals surface area contributed by atoms with Crippen LogP contribution in [0.5, 0.6) is 0 Å². The lowest BCUT2D eigenvalue weighted by Crippen LogP contribution is -2.61. The van der Waals surface area contributed by atoms with Crippen LogP contribution in [-0.2, 0) is 9.59 Å². The second-order valence-electron chi connectivity index (χ2n) is 4.88. The van der Waals surface area contributed by atoms with E-state index in [4.69, 9.17) is 5.73 Å². The predicted molar refractivity (Wildman–Crippen MR) is 66.3 cm³/mol. The molecule has 0 aliphatic carbocycles. The van der Waals surface area contributed by atoms with E-state index in [1.54, 1.807) is 11.8 Å². The molecule has 0 bridgehead atoms. The van der Waals surface area contributed by atoms with E-state index >= 15 is 0 Å². The maximum absolute atomic E-state index is 12.0. The van der Waals surface area contributed by atoms with Gasteiger partial charge in [-0.15, -0.1) is 0 Å². The maximum Gasteiger partial charge on any atom is 0.239 e. The Kier molecular flexibility index (Phi) is 4.51. The lowest BCUT2D eigenvalue weighted by Gasteiger charge is -2.44. The maximum atomic E-state index is 12.0. The Hall–Kier alpha value is -1.10. The van der Waals surface area contributed by atoms with Crippen molar-refractivity contribution in [3.05, 3.63) is 0 Å². The summed E-state index contributed by atoms with van der Waals surface area (Å²) in [5.74, 6) is 0.0614. The van der Waals surface area contributed by atoms with Crippen LogP contribution in [0.3, 0.4) is 0 Å². The van der Waals surface area contributed by atoms with Crippen molar-refractivity contribution in [1.29, 1.82) is 0 Å². The number of rotatable bonds is 2. The molecule has 1 rings (SSSR count). The van der Waals surface area contributed by atoms with E-state index < -0.39 is 6.04 Å². The summed E-state index contributed by atoms with van der Waals surface area (Å²) in [5, 5.41) is 0. The van der Waals surface area contributed by atoms with Crippen LogP contribution >= 0.6 is 0 Å². The molecule has 1 heterocycles. The van der Waals surface area contributed by atoms with E-state index in [9.17, 15) is 9.59 Å². The Morgan fingerprint density at radius 1 is 1.29 bits per heavy atom. The molecule has 1 saturated heterocycles. The molecule has 2 amide bonds. The standard InChI is InChI=1S/C12H23N3O2/c1-5-11(13)12(17)14-6-8(2)15(10(4)16)9(3)7-14/h8-9,11H,5-7,13H2,1-4H3. The van der Waals surface area contributed by atoms with E-state index in [1.165, 1.54) is 0 Å². The minimum atomic E-state index is -0.418. The smallest absolute Gasteiger partial charge is 0.239 e. The molecule has 0 aromatic rings. The number of hydrogen-bond acceptors (Lipinski definition) is 3. The molecule has 17 heavy (non-hydrogen) atoms. The molecule has 1 aliphatic heterocycles. The highest BCUT2D eigenvalue weighted by Crippen LogP contribution is 2.16. The van der Waals surface area contributed by atoms with Crippen molar-refractivity contribution in [2.75, 3.05) is 13.1 Å². The third kappa shape index (κ3) is 2.97. The van der Waals surface area contributed by atoms with Gasteiger partial charge in [-0.25, -0.2) is 0 Å². The fraction of sp³-hybridized carbons (Fsp3) is 0.833. The monoisotopic (exact) mass is 241 g/mol. The molecule has 0 spiro atoms. The van der Waals surface area contributed by atoms with Crippen molar-refractivity contribution in [3.8, 4) is 0 Å². The van der Waals surface area contributed by atoms with E-state index in [0.29, 0.717) is 19.5 Å². The molecule has 1 aliphatic rings. The summed E-state index contributed by atoms with van der Waals surface area (Å²) in [7, 11) is 0. The fourth-order valence-electron chi connectivity index (χ4n) is 2.53. The van der Waals surface area contributed by atoms with Crippen LogP contribution in [0, 0.1) is 0 Å². The number of nitrogens with two attached hydrogens (primary N) is 1. The highest BCUT2D eigenvalue weighted by Gasteiger charge is 2.34. The lowest BCUT2D eigenvalue weighted by atomic mass is 10.1. The Bertz CT molecular complexity index is 294. The van der Waals surface area contributed by atoms with Gasteiger partial charge in [-0.1, -0.05) is 6.92 Å². The predicted octanol–water partition coefficient (Wildman–Crippen LogP) is 0.191. The van der Waals surface area contributed by atoms with Crippen LogP contribution in [0.1, 0.15) is 34.1 Å². The van der Waals surface area contributed by atoms with Gasteiger partial charge in [0.05, 0.1) is 6.04 Å². The highest BCUT2D eigenvalue weighted by molar-refractivity contribution is 5.82. The average molecular weight is 241 g/mol. The number of nitrogens with zero attached hydrogens (tertiary/aromatic N) is 2. The van der Waals surface area contributed by atoms with Crippen LogP contribution in [0.15, 0.2) is 0 Å². The van der Waals surface area contributed by atoms with Crippen molar-refractivity contribution in [2.45, 2.75) is 52.2 Å². The van der Waals surface area contributed by atoms with E-state index in [0.717, 1.165) is 0 Å². The topological polar surface area (TPSA) is 66.6 Å². The number of hydrogen-bond donors (Lipinski definition) is 1. The molecule has 5 nitrogen and oxygen atoms in total. The molecule has 0 radical (unpaired) electrons. The van der Waals surface area contributed by atoms with Crippen LogP contribution in [0.2, 0.25) is 0 Å². The van der Waals surface area contributed by atoms with Gasteiger partial charge < -0.3 is 15.5 Å². The van der Waals surface area contributed by atoms with Gasteiger partial charge in [0.2, 0.25) is 11.8 Å². The average Bonchev–Trinajstić information content (AvgIpc) is 2.25. The molecule has 98 valence electrons. The second kappa shape index (κ2) is 5.49. The van der Waals surface area contributed by atoms with Gasteiger partial charge in [0, 0.05) is 32.1 Å². The SMILES string of the molecule is CCC(N)C(=O)N1CC(C)N(C(C)=O)C(C)C1. The number of carbonyl (C=O) groups is 2. The van der Waals surface area contributed by atoms with E-state index in [2.05, 4.69) is 0 Å². The van der Waals surface area contributed by atoms with Gasteiger partial charge in [-0.3, -0.25) is 9.59 Å². The zero-order valence-corrected chi connectivity index (χ0v) is 11.1. The van der Waals surface area contributed by atoms with Gasteiger partial charge >= 0.3 is 0 Å². The van der Waals surface area contributed by atoms with Gasteiger partial charge in [-0.05, 0) is 20.3 Å². The summed E-state index contributed by atoms with van der Waals surface area (Å²) >= 11 is 0. The van der Waals surface area contributed by atoms with Gasteiger partial charge in [0.15, 0.2) is 0 Å². The quantitative estimate of drug-likeness (QED) is 0.750. The van der Waals surface area contributed by atoms with Crippen molar-refractivity contribution >= 4 is 11.8 Å². The van der Waals surface area contributed by atoms with E-state index in [-0.39, 0.29) is 23.9 Å². The van der Waals surface area contributed by atoms with Crippen LogP contribution in [0.4, 0.5) is 0 Å². The minimum absolute atomic E-state index is 0.00518. The molecular weight excluding hydrogens is 218 g/mol. The van der Waals surface area contributed by atoms with Crippen molar-refractivity contribution in [1.82, 2.24) is 9.80 Å². The second-order valence-corrected chi connectivity index (χ2v) is 4.88. The Balaban J connectivity index is 2.72. The third-order valence-electron chi connectivity index (χ3n) is 3.35. The van der Waals surface area contributed by atoms with Crippen LogP contribution in [0.25, 0.3) is 0 Å². The molecule has 0 saturated carbocycles. The first-order chi connectivity index (χ1) is 7.88. The van der Waals surface area contributed by atoms with Crippen molar-refractivity contribution in [2.24, 2.45) is 5.73 Å².